The van der Waals surface area contributed by atoms with Crippen molar-refractivity contribution in [2.24, 2.45) is 0 Å². The fourth-order valence-corrected chi connectivity index (χ4v) is 8.65. The van der Waals surface area contributed by atoms with Gasteiger partial charge in [0.25, 0.3) is 11.8 Å². The highest BCUT2D eigenvalue weighted by Crippen LogP contribution is 2.37. The molecule has 0 aliphatic carbocycles. The number of amides is 2. The van der Waals surface area contributed by atoms with Crippen molar-refractivity contribution in [2.75, 3.05) is 13.2 Å². The van der Waals surface area contributed by atoms with Gasteiger partial charge >= 0.3 is 35.8 Å². The number of carbonyl (C=O) groups excluding carboxylic acids is 8. The first-order valence-electron chi connectivity index (χ1n) is 22.8. The summed E-state index contributed by atoms with van der Waals surface area (Å²) in [5.74, 6) is -10.8. The summed E-state index contributed by atoms with van der Waals surface area (Å²) in [5, 5.41) is 30.1. The van der Waals surface area contributed by atoms with Gasteiger partial charge in [-0.2, -0.15) is 0 Å². The van der Waals surface area contributed by atoms with Crippen LogP contribution in [0.2, 0.25) is 0 Å². The summed E-state index contributed by atoms with van der Waals surface area (Å²) in [4.78, 5) is 102. The maximum atomic E-state index is 14.1. The lowest BCUT2D eigenvalue weighted by Crippen LogP contribution is -2.72. The Labute approximate surface area is 414 Å². The molecule has 2 aliphatic rings. The molecule has 0 saturated carbocycles. The molecule has 72 heavy (non-hydrogen) atoms. The van der Waals surface area contributed by atoms with Gasteiger partial charge in [0.2, 0.25) is 0 Å². The molecule has 0 spiro atoms. The van der Waals surface area contributed by atoms with Gasteiger partial charge in [-0.3, -0.25) is 38.4 Å². The van der Waals surface area contributed by atoms with Crippen molar-refractivity contribution < 1.29 is 86.5 Å². The first kappa shape index (κ1) is 53.8. The molecule has 4 aromatic rings. The molecule has 0 bridgehead atoms. The van der Waals surface area contributed by atoms with E-state index in [2.05, 4.69) is 10.6 Å². The van der Waals surface area contributed by atoms with Crippen LogP contribution in [0.15, 0.2) is 109 Å². The van der Waals surface area contributed by atoms with Crippen molar-refractivity contribution in [3.63, 3.8) is 0 Å². The van der Waals surface area contributed by atoms with Crippen LogP contribution in [0.25, 0.3) is 11.1 Å². The third-order valence-corrected chi connectivity index (χ3v) is 11.6. The van der Waals surface area contributed by atoms with Crippen molar-refractivity contribution in [3.8, 4) is 11.1 Å². The maximum Gasteiger partial charge on any atom is 0.303 e. The van der Waals surface area contributed by atoms with E-state index < -0.39 is 121 Å². The van der Waals surface area contributed by atoms with Crippen molar-refractivity contribution >= 4 is 47.6 Å². The summed E-state index contributed by atoms with van der Waals surface area (Å²) in [6.07, 6.45) is -9.16. The first-order chi connectivity index (χ1) is 34.1. The zero-order chi connectivity index (χ0) is 52.3. The summed E-state index contributed by atoms with van der Waals surface area (Å²) in [6, 6.07) is 26.5. The molecule has 0 aromatic heterocycles. The van der Waals surface area contributed by atoms with E-state index in [-0.39, 0.29) is 24.0 Å². The van der Waals surface area contributed by atoms with Gasteiger partial charge in [-0.15, -0.1) is 0 Å². The number of rotatable bonds is 17. The number of esters is 6. The minimum Gasteiger partial charge on any atom is -0.463 e. The van der Waals surface area contributed by atoms with E-state index in [1.807, 2.05) is 0 Å². The average molecular weight is 997 g/mol. The van der Waals surface area contributed by atoms with Gasteiger partial charge in [-0.05, 0) is 46.5 Å². The van der Waals surface area contributed by atoms with Gasteiger partial charge in [0, 0.05) is 65.5 Å². The quantitative estimate of drug-likeness (QED) is 0.0874. The van der Waals surface area contributed by atoms with E-state index in [1.165, 1.54) is 24.3 Å². The lowest BCUT2D eigenvalue weighted by molar-refractivity contribution is -0.320. The molecule has 10 atom stereocenters. The smallest absolute Gasteiger partial charge is 0.303 e. The maximum absolute atomic E-state index is 14.1. The van der Waals surface area contributed by atoms with E-state index in [1.54, 1.807) is 84.9 Å². The highest BCUT2D eigenvalue weighted by Gasteiger charge is 2.59. The topological polar surface area (TPSA) is 275 Å². The molecule has 6 rings (SSSR count). The molecule has 2 heterocycles. The van der Waals surface area contributed by atoms with Crippen molar-refractivity contribution in [1.29, 1.82) is 0 Å². The fourth-order valence-electron chi connectivity index (χ4n) is 8.65. The van der Waals surface area contributed by atoms with E-state index >= 15 is 0 Å². The molecule has 20 heteroatoms. The lowest BCUT2D eigenvalue weighted by atomic mass is 9.85. The van der Waals surface area contributed by atoms with Crippen LogP contribution >= 0.6 is 0 Å². The molecule has 2 amide bonds. The predicted octanol–water partition coefficient (Wildman–Crippen LogP) is 3.06. The van der Waals surface area contributed by atoms with E-state index in [9.17, 15) is 48.6 Å². The van der Waals surface area contributed by atoms with E-state index in [4.69, 9.17) is 37.9 Å². The molecule has 2 saturated heterocycles. The molecular weight excluding hydrogens is 941 g/mol. The summed E-state index contributed by atoms with van der Waals surface area (Å²) in [6.45, 7) is 5.70. The Balaban J connectivity index is 1.25. The highest BCUT2D eigenvalue weighted by atomic mass is 16.7. The van der Waals surface area contributed by atoms with Crippen LogP contribution in [0.4, 0.5) is 0 Å². The number of carbonyl (C=O) groups is 8. The van der Waals surface area contributed by atoms with Gasteiger partial charge in [-0.1, -0.05) is 84.9 Å². The summed E-state index contributed by atoms with van der Waals surface area (Å²) >= 11 is 0. The molecule has 0 radical (unpaired) electrons. The largest absolute Gasteiger partial charge is 0.463 e. The molecule has 4 N–H and O–H groups in total. The van der Waals surface area contributed by atoms with E-state index in [0.717, 1.165) is 41.5 Å². The first-order valence-corrected chi connectivity index (χ1v) is 22.8. The van der Waals surface area contributed by atoms with Crippen LogP contribution in [0.5, 0.6) is 0 Å². The molecule has 382 valence electrons. The fraction of sp³-hybridized carbons (Fsp3) is 0.385. The normalized spacial score (nSPS) is 25.6. The number of benzene rings is 4. The molecule has 2 fully saturated rings. The van der Waals surface area contributed by atoms with Gasteiger partial charge in [0.15, 0.2) is 36.0 Å². The van der Waals surface area contributed by atoms with Crippen LogP contribution in [0.1, 0.15) is 73.4 Å². The second kappa shape index (κ2) is 23.6. The van der Waals surface area contributed by atoms with E-state index in [0.29, 0.717) is 22.3 Å². The summed E-state index contributed by atoms with van der Waals surface area (Å²) in [5.41, 5.74) is 2.49. The highest BCUT2D eigenvalue weighted by molar-refractivity contribution is 5.96. The van der Waals surface area contributed by atoms with Crippen LogP contribution in [0, 0.1) is 0 Å². The second-order valence-electron chi connectivity index (χ2n) is 17.3. The Morgan fingerprint density at radius 3 is 1.04 bits per heavy atom. The standard InChI is InChI=1S/C52H56N2O18/c1-29(55)65-27-41-43(67-31(3)57)45(69-33(5)59)47(51(63,71-41)25-35-13-9-7-10-14-35)53-49(61)39-21-17-37(18-22-39)38-19-23-40(24-20-38)50(62)54-48-46(70-34(6)60)44(68-32(4)58)42(28-66-30(2)56)72-52(48,64)26-36-15-11-8-12-16-36/h7-24,41-48,63-64H,25-28H2,1-6H3,(H,53,61)(H,54,62)/t41-,42-,43-,44-,45+,46+,47-,48-,51+,52+/m1/s1. The van der Waals surface area contributed by atoms with Crippen molar-refractivity contribution in [2.45, 2.75) is 115 Å². The minimum absolute atomic E-state index is 0.0895. The van der Waals surface area contributed by atoms with Gasteiger partial charge in [0.05, 0.1) is 0 Å². The Hall–Kier alpha value is -7.52. The SMILES string of the molecule is CC(=O)OC[C@H]1O[C@@](O)(Cc2ccccc2)[C@H](NC(=O)c2ccc(-c3ccc(C(=O)N[C@@H]4[C@@H](OC(C)=O)[C@H](OC(C)=O)[C@@H](COC(C)=O)O[C@@]4(O)Cc4ccccc4)cc3)cc2)[C@@H](OC(C)=O)[C@@H]1OC(C)=O. The van der Waals surface area contributed by atoms with Crippen LogP contribution in [0.3, 0.4) is 0 Å². The Morgan fingerprint density at radius 2 is 0.750 bits per heavy atom. The third-order valence-electron chi connectivity index (χ3n) is 11.6. The van der Waals surface area contributed by atoms with Crippen molar-refractivity contribution in [1.82, 2.24) is 10.6 Å². The van der Waals surface area contributed by atoms with Gasteiger partial charge < -0.3 is 58.7 Å². The van der Waals surface area contributed by atoms with Crippen LogP contribution < -0.4 is 10.6 Å². The molecule has 20 nitrogen and oxygen atoms in total. The second-order valence-corrected chi connectivity index (χ2v) is 17.3. The van der Waals surface area contributed by atoms with Crippen LogP contribution in [-0.4, -0.2) is 131 Å². The Morgan fingerprint density at radius 1 is 0.444 bits per heavy atom. The predicted molar refractivity (Wildman–Crippen MR) is 250 cm³/mol. The average Bonchev–Trinajstić information content (AvgIpc) is 3.32. The zero-order valence-electron chi connectivity index (χ0n) is 40.3. The number of hydrogen-bond donors (Lipinski definition) is 4. The number of hydrogen-bond acceptors (Lipinski definition) is 18. The minimum atomic E-state index is -2.32. The number of aliphatic hydroxyl groups is 2. The third kappa shape index (κ3) is 13.9. The number of nitrogens with one attached hydrogen (secondary N) is 2. The number of ether oxygens (including phenoxy) is 8. The summed E-state index contributed by atoms with van der Waals surface area (Å²) < 4.78 is 45.0. The zero-order valence-corrected chi connectivity index (χ0v) is 40.3. The van der Waals surface area contributed by atoms with Crippen molar-refractivity contribution in [3.05, 3.63) is 131 Å². The summed E-state index contributed by atoms with van der Waals surface area (Å²) in [7, 11) is 0. The molecule has 0 unspecified atom stereocenters. The molecule has 2 aliphatic heterocycles. The van der Waals surface area contributed by atoms with Gasteiger partial charge in [0.1, 0.15) is 37.5 Å². The monoisotopic (exact) mass is 996 g/mol. The van der Waals surface area contributed by atoms with Gasteiger partial charge in [-0.25, -0.2) is 0 Å². The Kier molecular flexibility index (Phi) is 17.6. The molecule has 4 aromatic carbocycles. The Bertz CT molecular complexity index is 2410. The lowest BCUT2D eigenvalue weighted by Gasteiger charge is -2.49. The van der Waals surface area contributed by atoms with Crippen LogP contribution in [-0.2, 0) is 79.5 Å². The molecular formula is C52H56N2O18.